The lowest BCUT2D eigenvalue weighted by atomic mass is 10.2. The minimum Gasteiger partial charge on any atom is -0.480 e. The van der Waals surface area contributed by atoms with Crippen LogP contribution in [0.5, 0.6) is 0 Å². The van der Waals surface area contributed by atoms with Crippen molar-refractivity contribution in [3.8, 4) is 0 Å². The van der Waals surface area contributed by atoms with Crippen molar-refractivity contribution in [2.45, 2.75) is 0 Å². The molecule has 0 atom stereocenters. The van der Waals surface area contributed by atoms with E-state index >= 15 is 0 Å². The molecule has 6 nitrogen and oxygen atoms in total. The van der Waals surface area contributed by atoms with Crippen molar-refractivity contribution in [3.05, 3.63) is 34.6 Å². The molecule has 0 saturated heterocycles. The molecule has 3 N–H and O–H groups in total. The summed E-state index contributed by atoms with van der Waals surface area (Å²) in [5, 5.41) is 8.38. The fraction of sp³-hybridized carbons (Fsp3) is 0.182. The van der Waals surface area contributed by atoms with Crippen molar-refractivity contribution in [3.63, 3.8) is 0 Å². The molecule has 0 spiro atoms. The Morgan fingerprint density at radius 3 is 2.42 bits per heavy atom. The molecular weight excluding hydrogens is 279 g/mol. The summed E-state index contributed by atoms with van der Waals surface area (Å²) < 4.78 is 13.0. The third-order valence-electron chi connectivity index (χ3n) is 2.13. The molecule has 8 heteroatoms. The fourth-order valence-electron chi connectivity index (χ4n) is 1.36. The zero-order valence-corrected chi connectivity index (χ0v) is 10.4. The van der Waals surface area contributed by atoms with Crippen LogP contribution >= 0.6 is 11.6 Å². The minimum atomic E-state index is -1.30. The van der Waals surface area contributed by atoms with Gasteiger partial charge in [-0.3, -0.25) is 14.4 Å². The Kier molecular flexibility index (Phi) is 4.82. The molecule has 0 aliphatic carbocycles. The molecule has 0 bridgehead atoms. The molecule has 0 saturated carbocycles. The molecule has 0 fully saturated rings. The van der Waals surface area contributed by atoms with Gasteiger partial charge in [-0.05, 0) is 18.2 Å². The van der Waals surface area contributed by atoms with Gasteiger partial charge in [0.1, 0.15) is 18.9 Å². The van der Waals surface area contributed by atoms with Gasteiger partial charge < -0.3 is 15.7 Å². The number of carboxylic acids is 1. The maximum absolute atomic E-state index is 13.0. The molecular formula is C11H10ClFN2O4. The van der Waals surface area contributed by atoms with Crippen LogP contribution in [0.25, 0.3) is 0 Å². The first-order valence-corrected chi connectivity index (χ1v) is 5.43. The normalized spacial score (nSPS) is 10.0. The van der Waals surface area contributed by atoms with E-state index in [0.717, 1.165) is 23.1 Å². The van der Waals surface area contributed by atoms with E-state index in [4.69, 9.17) is 22.4 Å². The first-order chi connectivity index (χ1) is 8.81. The standard InChI is InChI=1S/C11H10ClFN2O4/c12-7-3-6(1-2-8(7)13)11(19)15(4-9(14)16)5-10(17)18/h1-3H,4-5H2,(H2,14,16)(H,17,18). The first-order valence-electron chi connectivity index (χ1n) is 5.05. The number of rotatable bonds is 5. The van der Waals surface area contributed by atoms with E-state index in [0.29, 0.717) is 0 Å². The van der Waals surface area contributed by atoms with Crippen molar-refractivity contribution in [1.82, 2.24) is 4.90 Å². The summed E-state index contributed by atoms with van der Waals surface area (Å²) in [7, 11) is 0. The number of primary amides is 1. The Hall–Kier alpha value is -2.15. The summed E-state index contributed by atoms with van der Waals surface area (Å²) in [6.45, 7) is -1.25. The van der Waals surface area contributed by atoms with Gasteiger partial charge in [-0.2, -0.15) is 0 Å². The third-order valence-corrected chi connectivity index (χ3v) is 2.42. The number of nitrogens with zero attached hydrogens (tertiary/aromatic N) is 1. The summed E-state index contributed by atoms with van der Waals surface area (Å²) in [5.74, 6) is -3.65. The van der Waals surface area contributed by atoms with E-state index in [1.165, 1.54) is 0 Å². The smallest absolute Gasteiger partial charge is 0.323 e. The van der Waals surface area contributed by atoms with Crippen molar-refractivity contribution < 1.29 is 23.9 Å². The molecule has 2 amide bonds. The number of halogens is 2. The van der Waals surface area contributed by atoms with Gasteiger partial charge in [0.15, 0.2) is 0 Å². The maximum Gasteiger partial charge on any atom is 0.323 e. The molecule has 19 heavy (non-hydrogen) atoms. The monoisotopic (exact) mass is 288 g/mol. The number of amides is 2. The molecule has 1 aromatic carbocycles. The number of benzene rings is 1. The number of aliphatic carboxylic acids is 1. The first kappa shape index (κ1) is 14.9. The highest BCUT2D eigenvalue weighted by atomic mass is 35.5. The van der Waals surface area contributed by atoms with E-state index in [1.807, 2.05) is 0 Å². The highest BCUT2D eigenvalue weighted by Gasteiger charge is 2.21. The van der Waals surface area contributed by atoms with E-state index in [2.05, 4.69) is 0 Å². The quantitative estimate of drug-likeness (QED) is 0.823. The van der Waals surface area contributed by atoms with Gasteiger partial charge in [0, 0.05) is 5.56 Å². The number of hydrogen-bond donors (Lipinski definition) is 2. The van der Waals surface area contributed by atoms with Crippen LogP contribution in [0.15, 0.2) is 18.2 Å². The van der Waals surface area contributed by atoms with Crippen LogP contribution in [-0.4, -0.2) is 40.9 Å². The van der Waals surface area contributed by atoms with Gasteiger partial charge in [0.2, 0.25) is 5.91 Å². The van der Waals surface area contributed by atoms with Gasteiger partial charge in [-0.25, -0.2) is 4.39 Å². The van der Waals surface area contributed by atoms with Crippen LogP contribution in [0, 0.1) is 5.82 Å². The summed E-state index contributed by atoms with van der Waals surface area (Å²) in [6, 6.07) is 3.16. The van der Waals surface area contributed by atoms with Gasteiger partial charge in [0.05, 0.1) is 5.02 Å². The fourth-order valence-corrected chi connectivity index (χ4v) is 1.54. The van der Waals surface area contributed by atoms with Crippen molar-refractivity contribution in [1.29, 1.82) is 0 Å². The van der Waals surface area contributed by atoms with E-state index in [-0.39, 0.29) is 10.6 Å². The van der Waals surface area contributed by atoms with Gasteiger partial charge in [0.25, 0.3) is 5.91 Å². The molecule has 0 heterocycles. The third kappa shape index (κ3) is 4.22. The minimum absolute atomic E-state index is 0.0334. The lowest BCUT2D eigenvalue weighted by molar-refractivity contribution is -0.138. The highest BCUT2D eigenvalue weighted by molar-refractivity contribution is 6.31. The second kappa shape index (κ2) is 6.14. The topological polar surface area (TPSA) is 101 Å². The van der Waals surface area contributed by atoms with Crippen LogP contribution < -0.4 is 5.73 Å². The van der Waals surface area contributed by atoms with Gasteiger partial charge >= 0.3 is 5.97 Å². The second-order valence-corrected chi connectivity index (χ2v) is 4.06. The average Bonchev–Trinajstić information content (AvgIpc) is 2.29. The molecule has 0 radical (unpaired) electrons. The van der Waals surface area contributed by atoms with Crippen molar-refractivity contribution >= 4 is 29.4 Å². The van der Waals surface area contributed by atoms with E-state index in [9.17, 15) is 18.8 Å². The van der Waals surface area contributed by atoms with Crippen LogP contribution in [0.4, 0.5) is 4.39 Å². The predicted octanol–water partition coefficient (Wildman–Crippen LogP) is 0.491. The van der Waals surface area contributed by atoms with Crippen LogP contribution in [0.3, 0.4) is 0 Å². The van der Waals surface area contributed by atoms with Gasteiger partial charge in [-0.1, -0.05) is 11.6 Å². The highest BCUT2D eigenvalue weighted by Crippen LogP contribution is 2.17. The molecule has 0 aliphatic rings. The number of carboxylic acid groups (broad SMARTS) is 1. The lowest BCUT2D eigenvalue weighted by Crippen LogP contribution is -2.41. The Labute approximate surface area is 112 Å². The van der Waals surface area contributed by atoms with Crippen molar-refractivity contribution in [2.75, 3.05) is 13.1 Å². The average molecular weight is 289 g/mol. The molecule has 1 aromatic rings. The van der Waals surface area contributed by atoms with Crippen LogP contribution in [0.2, 0.25) is 5.02 Å². The SMILES string of the molecule is NC(=O)CN(CC(=O)O)C(=O)c1ccc(F)c(Cl)c1. The summed E-state index contributed by atoms with van der Waals surface area (Å²) >= 11 is 5.52. The number of hydrogen-bond acceptors (Lipinski definition) is 3. The molecule has 0 aromatic heterocycles. The molecule has 102 valence electrons. The Morgan fingerprint density at radius 1 is 1.32 bits per heavy atom. The lowest BCUT2D eigenvalue weighted by Gasteiger charge is -2.19. The molecule has 0 unspecified atom stereocenters. The summed E-state index contributed by atoms with van der Waals surface area (Å²) in [4.78, 5) is 34.1. The zero-order valence-electron chi connectivity index (χ0n) is 9.60. The zero-order chi connectivity index (χ0) is 14.6. The Morgan fingerprint density at radius 2 is 1.95 bits per heavy atom. The molecule has 0 aliphatic heterocycles. The second-order valence-electron chi connectivity index (χ2n) is 3.65. The van der Waals surface area contributed by atoms with Crippen molar-refractivity contribution in [2.24, 2.45) is 5.73 Å². The van der Waals surface area contributed by atoms with E-state index in [1.54, 1.807) is 0 Å². The summed E-state index contributed by atoms with van der Waals surface area (Å²) in [6.07, 6.45) is 0. The van der Waals surface area contributed by atoms with Crippen LogP contribution in [0.1, 0.15) is 10.4 Å². The Bertz CT molecular complexity index is 519. The van der Waals surface area contributed by atoms with Gasteiger partial charge in [-0.15, -0.1) is 0 Å². The number of nitrogens with two attached hydrogens (primary N) is 1. The molecule has 1 rings (SSSR count). The van der Waals surface area contributed by atoms with E-state index < -0.39 is 36.7 Å². The predicted molar refractivity (Wildman–Crippen MR) is 64.1 cm³/mol. The Balaban J connectivity index is 3.00. The number of carbonyl (C=O) groups excluding carboxylic acids is 2. The maximum atomic E-state index is 13.0. The largest absolute Gasteiger partial charge is 0.480 e. The van der Waals surface area contributed by atoms with Crippen LogP contribution in [-0.2, 0) is 9.59 Å². The number of carbonyl (C=O) groups is 3. The summed E-state index contributed by atoms with van der Waals surface area (Å²) in [5.41, 5.74) is 4.89.